The van der Waals surface area contributed by atoms with Crippen molar-refractivity contribution in [3.8, 4) is 0 Å². The van der Waals surface area contributed by atoms with Gasteiger partial charge in [-0.2, -0.15) is 4.98 Å². The van der Waals surface area contributed by atoms with Crippen molar-refractivity contribution in [1.82, 2.24) is 19.8 Å². The Kier molecular flexibility index (Phi) is 6.68. The van der Waals surface area contributed by atoms with Gasteiger partial charge in [0.15, 0.2) is 0 Å². The molecule has 1 aromatic heterocycles. The van der Waals surface area contributed by atoms with E-state index in [4.69, 9.17) is 9.97 Å². The maximum absolute atomic E-state index is 14.2. The number of aromatic nitrogens is 2. The molecule has 1 aromatic carbocycles. The molecule has 7 nitrogen and oxygen atoms in total. The predicted octanol–water partition coefficient (Wildman–Crippen LogP) is 3.33. The van der Waals surface area contributed by atoms with Crippen LogP contribution in [0.3, 0.4) is 0 Å². The van der Waals surface area contributed by atoms with Crippen LogP contribution in [0.5, 0.6) is 0 Å². The number of nitrogens with zero attached hydrogens (tertiary/aromatic N) is 6. The van der Waals surface area contributed by atoms with Crippen LogP contribution in [-0.2, 0) is 13.0 Å². The van der Waals surface area contributed by atoms with Gasteiger partial charge in [-0.05, 0) is 25.0 Å². The third-order valence-electron chi connectivity index (χ3n) is 7.53. The molecule has 3 aliphatic rings. The van der Waals surface area contributed by atoms with Gasteiger partial charge in [0.05, 0.1) is 17.8 Å². The summed E-state index contributed by atoms with van der Waals surface area (Å²) < 4.78 is 14.2. The smallest absolute Gasteiger partial charge is 0.257 e. The molecule has 0 unspecified atom stereocenters. The largest absolute Gasteiger partial charge is 0.362 e. The Morgan fingerprint density at radius 3 is 2.44 bits per heavy atom. The first-order chi connectivity index (χ1) is 16.5. The lowest BCUT2D eigenvalue weighted by atomic mass is 9.94. The number of halogens is 1. The minimum atomic E-state index is -0.481. The van der Waals surface area contributed by atoms with Gasteiger partial charge in [0.2, 0.25) is 5.95 Å². The quantitative estimate of drug-likeness (QED) is 0.689. The number of carbonyl (C=O) groups is 1. The molecule has 0 atom stereocenters. The Bertz CT molecular complexity index is 1030. The molecule has 2 aliphatic heterocycles. The summed E-state index contributed by atoms with van der Waals surface area (Å²) >= 11 is 0. The molecule has 0 spiro atoms. The summed E-state index contributed by atoms with van der Waals surface area (Å²) in [5.74, 6) is 0.877. The predicted molar refractivity (Wildman–Crippen MR) is 132 cm³/mol. The van der Waals surface area contributed by atoms with Crippen molar-refractivity contribution < 1.29 is 9.18 Å². The molecular weight excluding hydrogens is 431 g/mol. The summed E-state index contributed by atoms with van der Waals surface area (Å²) in [5, 5.41) is 0. The van der Waals surface area contributed by atoms with E-state index in [0.29, 0.717) is 19.5 Å². The summed E-state index contributed by atoms with van der Waals surface area (Å²) in [5.41, 5.74) is 2.08. The topological polar surface area (TPSA) is 55.8 Å². The minimum Gasteiger partial charge on any atom is -0.362 e. The number of carbonyl (C=O) groups excluding carboxylic acids is 1. The van der Waals surface area contributed by atoms with Gasteiger partial charge < -0.3 is 14.7 Å². The number of hydrogen-bond donors (Lipinski definition) is 0. The second-order valence-electron chi connectivity index (χ2n) is 9.94. The van der Waals surface area contributed by atoms with Crippen molar-refractivity contribution in [1.29, 1.82) is 0 Å². The Labute approximate surface area is 201 Å². The maximum atomic E-state index is 14.2. The molecule has 182 valence electrons. The van der Waals surface area contributed by atoms with Crippen molar-refractivity contribution in [2.45, 2.75) is 51.1 Å². The van der Waals surface area contributed by atoms with E-state index < -0.39 is 5.82 Å². The molecule has 0 bridgehead atoms. The minimum absolute atomic E-state index is 0.116. The first kappa shape index (κ1) is 23.0. The van der Waals surface area contributed by atoms with Gasteiger partial charge in [-0.25, -0.2) is 9.37 Å². The zero-order valence-electron chi connectivity index (χ0n) is 20.3. The highest BCUT2D eigenvalue weighted by Crippen LogP contribution is 2.30. The molecule has 1 aliphatic carbocycles. The number of fused-ring (bicyclic) bond motifs is 1. The van der Waals surface area contributed by atoms with E-state index in [1.54, 1.807) is 23.1 Å². The lowest BCUT2D eigenvalue weighted by Gasteiger charge is -2.41. The van der Waals surface area contributed by atoms with Crippen molar-refractivity contribution >= 4 is 17.7 Å². The van der Waals surface area contributed by atoms with Crippen molar-refractivity contribution in [2.24, 2.45) is 0 Å². The fraction of sp³-hybridized carbons (Fsp3) is 0.577. The lowest BCUT2D eigenvalue weighted by molar-refractivity contribution is 0.0729. The molecule has 1 saturated heterocycles. The Hall–Kier alpha value is -2.74. The second-order valence-corrected chi connectivity index (χ2v) is 9.94. The molecule has 5 rings (SSSR count). The van der Waals surface area contributed by atoms with Gasteiger partial charge in [-0.15, -0.1) is 0 Å². The van der Waals surface area contributed by atoms with Gasteiger partial charge in [0, 0.05) is 64.8 Å². The number of piperazine rings is 1. The number of benzene rings is 1. The van der Waals surface area contributed by atoms with Crippen LogP contribution in [0.25, 0.3) is 0 Å². The van der Waals surface area contributed by atoms with E-state index >= 15 is 0 Å². The molecule has 0 N–H and O–H groups in total. The van der Waals surface area contributed by atoms with Crippen LogP contribution >= 0.6 is 0 Å². The molecule has 2 aromatic rings. The highest BCUT2D eigenvalue weighted by molar-refractivity contribution is 5.94. The van der Waals surface area contributed by atoms with E-state index in [0.717, 1.165) is 55.2 Å². The second kappa shape index (κ2) is 9.86. The fourth-order valence-electron chi connectivity index (χ4n) is 5.61. The SMILES string of the molecule is CN(C)c1nc(N2CCN(C3CCCCC3)CC2)nc2c1CN(C(=O)c1ccccc1F)CC2. The Balaban J connectivity index is 1.33. The van der Waals surface area contributed by atoms with Crippen molar-refractivity contribution in [2.75, 3.05) is 56.6 Å². The Morgan fingerprint density at radius 2 is 1.74 bits per heavy atom. The summed E-state index contributed by atoms with van der Waals surface area (Å²) in [6.07, 6.45) is 7.43. The molecule has 3 heterocycles. The molecule has 34 heavy (non-hydrogen) atoms. The van der Waals surface area contributed by atoms with Crippen LogP contribution in [0.15, 0.2) is 24.3 Å². The first-order valence-corrected chi connectivity index (χ1v) is 12.6. The summed E-state index contributed by atoms with van der Waals surface area (Å²) in [6.45, 7) is 4.94. The van der Waals surface area contributed by atoms with Crippen LogP contribution < -0.4 is 9.80 Å². The average Bonchev–Trinajstić information content (AvgIpc) is 2.88. The maximum Gasteiger partial charge on any atom is 0.257 e. The summed E-state index contributed by atoms with van der Waals surface area (Å²) in [6, 6.07) is 6.93. The zero-order chi connectivity index (χ0) is 23.7. The molecule has 0 radical (unpaired) electrons. The highest BCUT2D eigenvalue weighted by atomic mass is 19.1. The Morgan fingerprint density at radius 1 is 1.00 bits per heavy atom. The molecular formula is C26H35FN6O. The van der Waals surface area contributed by atoms with E-state index in [9.17, 15) is 9.18 Å². The van der Waals surface area contributed by atoms with Crippen LogP contribution in [-0.4, -0.2) is 78.5 Å². The highest BCUT2D eigenvalue weighted by Gasteiger charge is 2.30. The van der Waals surface area contributed by atoms with E-state index in [1.165, 1.54) is 38.2 Å². The van der Waals surface area contributed by atoms with E-state index in [1.807, 2.05) is 19.0 Å². The van der Waals surface area contributed by atoms with Crippen LogP contribution in [0.1, 0.15) is 53.7 Å². The lowest BCUT2D eigenvalue weighted by Crippen LogP contribution is -2.51. The van der Waals surface area contributed by atoms with E-state index in [2.05, 4.69) is 9.80 Å². The molecule has 1 amide bonds. The normalized spacial score (nSPS) is 19.7. The number of amides is 1. The summed E-state index contributed by atoms with van der Waals surface area (Å²) in [7, 11) is 3.95. The summed E-state index contributed by atoms with van der Waals surface area (Å²) in [4.78, 5) is 31.6. The monoisotopic (exact) mass is 466 g/mol. The van der Waals surface area contributed by atoms with Crippen LogP contribution in [0, 0.1) is 5.82 Å². The molecule has 8 heteroatoms. The van der Waals surface area contributed by atoms with Crippen LogP contribution in [0.4, 0.5) is 16.2 Å². The number of anilines is 2. The van der Waals surface area contributed by atoms with Crippen LogP contribution in [0.2, 0.25) is 0 Å². The van der Waals surface area contributed by atoms with Gasteiger partial charge >= 0.3 is 0 Å². The molecule has 1 saturated carbocycles. The number of hydrogen-bond acceptors (Lipinski definition) is 6. The van der Waals surface area contributed by atoms with Gasteiger partial charge in [0.1, 0.15) is 11.6 Å². The van der Waals surface area contributed by atoms with Crippen molar-refractivity contribution in [3.63, 3.8) is 0 Å². The zero-order valence-corrected chi connectivity index (χ0v) is 20.3. The van der Waals surface area contributed by atoms with Crippen molar-refractivity contribution in [3.05, 3.63) is 46.9 Å². The van der Waals surface area contributed by atoms with E-state index in [-0.39, 0.29) is 11.5 Å². The van der Waals surface area contributed by atoms with Gasteiger partial charge in [-0.3, -0.25) is 9.69 Å². The first-order valence-electron chi connectivity index (χ1n) is 12.6. The average molecular weight is 467 g/mol. The molecule has 2 fully saturated rings. The fourth-order valence-corrected chi connectivity index (χ4v) is 5.61. The van der Waals surface area contributed by atoms with Gasteiger partial charge in [0.25, 0.3) is 5.91 Å². The number of rotatable bonds is 4. The third-order valence-corrected chi connectivity index (χ3v) is 7.53. The van der Waals surface area contributed by atoms with Gasteiger partial charge in [-0.1, -0.05) is 31.4 Å². The standard InChI is InChI=1S/C26H35FN6O/c1-30(2)24-21-18-33(25(34)20-10-6-7-11-22(20)27)13-12-23(21)28-26(29-24)32-16-14-31(15-17-32)19-8-4-3-5-9-19/h6-7,10-11,19H,3-5,8-9,12-18H2,1-2H3. The third kappa shape index (κ3) is 4.60.